The van der Waals surface area contributed by atoms with Crippen LogP contribution >= 0.6 is 23.2 Å². The second-order valence-corrected chi connectivity index (χ2v) is 7.01. The molecular weight excluding hydrogens is 337 g/mol. The lowest BCUT2D eigenvalue weighted by Crippen LogP contribution is -2.65. The summed E-state index contributed by atoms with van der Waals surface area (Å²) < 4.78 is 0. The minimum absolute atomic E-state index is 0.0825. The fourth-order valence-corrected chi connectivity index (χ4v) is 3.82. The number of halogens is 2. The molecule has 3 atom stereocenters. The van der Waals surface area contributed by atoms with Gasteiger partial charge >= 0.3 is 0 Å². The maximum atomic E-state index is 12.2. The highest BCUT2D eigenvalue weighted by atomic mass is 35.5. The van der Waals surface area contributed by atoms with E-state index in [9.17, 15) is 9.59 Å². The molecule has 3 N–H and O–H groups in total. The van der Waals surface area contributed by atoms with Crippen molar-refractivity contribution in [2.75, 3.05) is 5.32 Å². The van der Waals surface area contributed by atoms with E-state index in [2.05, 4.69) is 16.0 Å². The number of carbonyl (C=O) groups excluding carboxylic acids is 2. The number of piperazine rings is 1. The predicted molar refractivity (Wildman–Crippen MR) is 90.8 cm³/mol. The van der Waals surface area contributed by atoms with E-state index in [1.165, 1.54) is 0 Å². The Bertz CT molecular complexity index is 603. The number of hydrogen-bond donors (Lipinski definition) is 3. The molecular formula is C16H19Cl2N3O2. The lowest BCUT2D eigenvalue weighted by atomic mass is 9.87. The van der Waals surface area contributed by atoms with E-state index in [0.717, 1.165) is 25.7 Å². The summed E-state index contributed by atoms with van der Waals surface area (Å²) in [6.45, 7) is 0. The molecule has 3 rings (SSSR count). The van der Waals surface area contributed by atoms with Gasteiger partial charge in [-0.2, -0.15) is 0 Å². The molecule has 0 bridgehead atoms. The molecule has 1 saturated carbocycles. The summed E-state index contributed by atoms with van der Waals surface area (Å²) in [5.74, 6) is -0.349. The molecule has 2 amide bonds. The van der Waals surface area contributed by atoms with Gasteiger partial charge in [0.2, 0.25) is 11.8 Å². The molecule has 124 valence electrons. The molecule has 1 saturated heterocycles. The van der Waals surface area contributed by atoms with Gasteiger partial charge in [0.15, 0.2) is 0 Å². The minimum Gasteiger partial charge on any atom is -0.350 e. The van der Waals surface area contributed by atoms with Crippen molar-refractivity contribution in [1.82, 2.24) is 10.6 Å². The van der Waals surface area contributed by atoms with Crippen LogP contribution in [0.3, 0.4) is 0 Å². The first-order valence-corrected chi connectivity index (χ1v) is 8.59. The molecule has 0 unspecified atom stereocenters. The third-order valence-corrected chi connectivity index (χ3v) is 4.80. The first-order valence-electron chi connectivity index (χ1n) is 7.83. The molecule has 1 heterocycles. The van der Waals surface area contributed by atoms with Gasteiger partial charge in [-0.05, 0) is 31.0 Å². The molecule has 5 nitrogen and oxygen atoms in total. The van der Waals surface area contributed by atoms with Gasteiger partial charge < -0.3 is 16.0 Å². The maximum Gasteiger partial charge on any atom is 0.237 e. The van der Waals surface area contributed by atoms with E-state index in [1.807, 2.05) is 0 Å². The van der Waals surface area contributed by atoms with Gasteiger partial charge in [-0.15, -0.1) is 0 Å². The Morgan fingerprint density at radius 1 is 1.13 bits per heavy atom. The highest BCUT2D eigenvalue weighted by Crippen LogP contribution is 2.24. The van der Waals surface area contributed by atoms with Crippen LogP contribution in [0.2, 0.25) is 10.0 Å². The number of nitrogens with one attached hydrogen (secondary N) is 3. The molecule has 1 aliphatic carbocycles. The van der Waals surface area contributed by atoms with E-state index in [0.29, 0.717) is 15.7 Å². The van der Waals surface area contributed by atoms with Crippen LogP contribution in [-0.4, -0.2) is 29.9 Å². The number of carbonyl (C=O) groups is 2. The summed E-state index contributed by atoms with van der Waals surface area (Å²) in [4.78, 5) is 24.3. The summed E-state index contributed by atoms with van der Waals surface area (Å²) in [5.41, 5.74) is 0.527. The van der Waals surface area contributed by atoms with Gasteiger partial charge in [0.25, 0.3) is 0 Å². The van der Waals surface area contributed by atoms with E-state index in [1.54, 1.807) is 18.2 Å². The Morgan fingerprint density at radius 2 is 1.78 bits per heavy atom. The number of amides is 2. The van der Waals surface area contributed by atoms with Crippen molar-refractivity contribution in [2.24, 2.45) is 0 Å². The van der Waals surface area contributed by atoms with Crippen LogP contribution in [0.1, 0.15) is 32.1 Å². The first-order chi connectivity index (χ1) is 11.0. The summed E-state index contributed by atoms with van der Waals surface area (Å²) in [7, 11) is 0. The third kappa shape index (κ3) is 4.16. The molecule has 0 radical (unpaired) electrons. The highest BCUT2D eigenvalue weighted by Gasteiger charge is 2.36. The third-order valence-electron chi connectivity index (χ3n) is 4.36. The Labute approximate surface area is 145 Å². The Balaban J connectivity index is 1.59. The highest BCUT2D eigenvalue weighted by molar-refractivity contribution is 6.35. The second kappa shape index (κ2) is 7.07. The van der Waals surface area contributed by atoms with Gasteiger partial charge in [0, 0.05) is 27.8 Å². The molecule has 2 aliphatic rings. The molecule has 1 aromatic carbocycles. The van der Waals surface area contributed by atoms with Crippen LogP contribution in [0.15, 0.2) is 18.2 Å². The van der Waals surface area contributed by atoms with Gasteiger partial charge in [-0.3, -0.25) is 9.59 Å². The maximum absolute atomic E-state index is 12.2. The molecule has 0 spiro atoms. The minimum atomic E-state index is -0.496. The van der Waals surface area contributed by atoms with Gasteiger partial charge in [-0.1, -0.05) is 36.0 Å². The molecule has 0 aromatic heterocycles. The SMILES string of the molecule is O=C(C[C@H]1N[C@H]2CCCC[C@@H]2NC1=O)Nc1cc(Cl)cc(Cl)c1. The number of rotatable bonds is 3. The van der Waals surface area contributed by atoms with Crippen molar-refractivity contribution in [3.05, 3.63) is 28.2 Å². The number of fused-ring (bicyclic) bond motifs is 1. The second-order valence-electron chi connectivity index (χ2n) is 6.14. The smallest absolute Gasteiger partial charge is 0.237 e. The zero-order valence-corrected chi connectivity index (χ0v) is 14.1. The van der Waals surface area contributed by atoms with Crippen molar-refractivity contribution in [2.45, 2.75) is 50.2 Å². The largest absolute Gasteiger partial charge is 0.350 e. The normalized spacial score (nSPS) is 27.0. The Hall–Kier alpha value is -1.30. The standard InChI is InChI=1S/C16H19Cl2N3O2/c17-9-5-10(18)7-11(6-9)19-15(22)8-14-16(23)21-13-4-2-1-3-12(13)20-14/h5-7,12-14,20H,1-4,8H2,(H,19,22)(H,21,23)/t12-,13-,14+/m0/s1. The first kappa shape index (κ1) is 16.6. The topological polar surface area (TPSA) is 70.2 Å². The van der Waals surface area contributed by atoms with Crippen LogP contribution in [0.25, 0.3) is 0 Å². The monoisotopic (exact) mass is 355 g/mol. The summed E-state index contributed by atoms with van der Waals surface area (Å²) in [6.07, 6.45) is 4.42. The molecule has 7 heteroatoms. The summed E-state index contributed by atoms with van der Waals surface area (Å²) in [5, 5.41) is 9.99. The van der Waals surface area contributed by atoms with Crippen molar-refractivity contribution in [3.63, 3.8) is 0 Å². The predicted octanol–water partition coefficient (Wildman–Crippen LogP) is 2.72. The average molecular weight is 356 g/mol. The van der Waals surface area contributed by atoms with Crippen molar-refractivity contribution >= 4 is 40.7 Å². The number of hydrogen-bond acceptors (Lipinski definition) is 3. The Morgan fingerprint density at radius 3 is 2.48 bits per heavy atom. The molecule has 1 aromatic rings. The number of anilines is 1. The average Bonchev–Trinajstić information content (AvgIpc) is 2.46. The summed E-state index contributed by atoms with van der Waals surface area (Å²) in [6, 6.07) is 4.80. The Kier molecular flexibility index (Phi) is 5.09. The lowest BCUT2D eigenvalue weighted by molar-refractivity contribution is -0.129. The fraction of sp³-hybridized carbons (Fsp3) is 0.500. The van der Waals surface area contributed by atoms with Crippen LogP contribution in [-0.2, 0) is 9.59 Å². The van der Waals surface area contributed by atoms with Gasteiger partial charge in [0.1, 0.15) is 0 Å². The quantitative estimate of drug-likeness (QED) is 0.780. The van der Waals surface area contributed by atoms with Crippen molar-refractivity contribution < 1.29 is 9.59 Å². The van der Waals surface area contributed by atoms with Gasteiger partial charge in [0.05, 0.1) is 12.5 Å². The molecule has 1 aliphatic heterocycles. The van der Waals surface area contributed by atoms with Gasteiger partial charge in [-0.25, -0.2) is 0 Å². The van der Waals surface area contributed by atoms with E-state index < -0.39 is 6.04 Å². The fourth-order valence-electron chi connectivity index (χ4n) is 3.30. The summed E-state index contributed by atoms with van der Waals surface area (Å²) >= 11 is 11.8. The van der Waals surface area contributed by atoms with Crippen LogP contribution in [0.4, 0.5) is 5.69 Å². The van der Waals surface area contributed by atoms with Crippen molar-refractivity contribution in [1.29, 1.82) is 0 Å². The van der Waals surface area contributed by atoms with E-state index >= 15 is 0 Å². The van der Waals surface area contributed by atoms with Crippen LogP contribution in [0, 0.1) is 0 Å². The number of benzene rings is 1. The zero-order chi connectivity index (χ0) is 16.4. The lowest BCUT2D eigenvalue weighted by Gasteiger charge is -2.40. The van der Waals surface area contributed by atoms with Crippen molar-refractivity contribution in [3.8, 4) is 0 Å². The van der Waals surface area contributed by atoms with Crippen LogP contribution < -0.4 is 16.0 Å². The van der Waals surface area contributed by atoms with Crippen LogP contribution in [0.5, 0.6) is 0 Å². The van der Waals surface area contributed by atoms with E-state index in [4.69, 9.17) is 23.2 Å². The zero-order valence-electron chi connectivity index (χ0n) is 12.6. The molecule has 23 heavy (non-hydrogen) atoms. The van der Waals surface area contributed by atoms with E-state index in [-0.39, 0.29) is 30.3 Å². The molecule has 2 fully saturated rings.